The minimum absolute atomic E-state index is 0.170. The van der Waals surface area contributed by atoms with Gasteiger partial charge in [-0.25, -0.2) is 0 Å². The van der Waals surface area contributed by atoms with E-state index in [2.05, 4.69) is 11.0 Å². The summed E-state index contributed by atoms with van der Waals surface area (Å²) in [4.78, 5) is 13.8. The molecule has 1 aromatic carbocycles. The van der Waals surface area contributed by atoms with Crippen LogP contribution in [0.5, 0.6) is 5.75 Å². The SMILES string of the molecule is COc1cc(CN2CCCC(C(C)=O)C2)ccc1C#N. The second-order valence-corrected chi connectivity index (χ2v) is 5.33. The van der Waals surface area contributed by atoms with Gasteiger partial charge in [0, 0.05) is 19.0 Å². The van der Waals surface area contributed by atoms with Crippen LogP contribution in [0, 0.1) is 17.2 Å². The predicted octanol–water partition coefficient (Wildman–Crippen LogP) is 2.37. The molecule has 0 aliphatic carbocycles. The fraction of sp³-hybridized carbons (Fsp3) is 0.500. The number of ether oxygens (including phenoxy) is 1. The topological polar surface area (TPSA) is 53.3 Å². The number of hydrogen-bond acceptors (Lipinski definition) is 4. The molecule has 0 radical (unpaired) electrons. The molecule has 1 heterocycles. The van der Waals surface area contributed by atoms with Crippen molar-refractivity contribution in [2.24, 2.45) is 5.92 Å². The molecule has 4 heteroatoms. The van der Waals surface area contributed by atoms with Crippen LogP contribution >= 0.6 is 0 Å². The van der Waals surface area contributed by atoms with Gasteiger partial charge in [-0.2, -0.15) is 5.26 Å². The van der Waals surface area contributed by atoms with Gasteiger partial charge in [-0.15, -0.1) is 0 Å². The molecule has 0 aromatic heterocycles. The van der Waals surface area contributed by atoms with Crippen LogP contribution in [0.4, 0.5) is 0 Å². The Balaban J connectivity index is 2.06. The first kappa shape index (κ1) is 14.5. The molecule has 1 atom stereocenters. The van der Waals surface area contributed by atoms with Crippen molar-refractivity contribution in [1.29, 1.82) is 5.26 Å². The molecule has 1 unspecified atom stereocenters. The van der Waals surface area contributed by atoms with Crippen LogP contribution < -0.4 is 4.74 Å². The molecule has 1 saturated heterocycles. The van der Waals surface area contributed by atoms with Crippen LogP contribution in [0.3, 0.4) is 0 Å². The highest BCUT2D eigenvalue weighted by Crippen LogP contribution is 2.23. The van der Waals surface area contributed by atoms with E-state index in [4.69, 9.17) is 10.00 Å². The second kappa shape index (κ2) is 6.53. The minimum atomic E-state index is 0.170. The Morgan fingerprint density at radius 1 is 1.55 bits per heavy atom. The maximum Gasteiger partial charge on any atom is 0.136 e. The quantitative estimate of drug-likeness (QED) is 0.844. The summed E-state index contributed by atoms with van der Waals surface area (Å²) in [6, 6.07) is 7.78. The number of hydrogen-bond donors (Lipinski definition) is 0. The van der Waals surface area contributed by atoms with Gasteiger partial charge < -0.3 is 4.74 Å². The summed E-state index contributed by atoms with van der Waals surface area (Å²) in [7, 11) is 1.58. The highest BCUT2D eigenvalue weighted by molar-refractivity contribution is 5.78. The van der Waals surface area contributed by atoms with Crippen LogP contribution in [0.25, 0.3) is 0 Å². The van der Waals surface area contributed by atoms with E-state index in [1.165, 1.54) is 0 Å². The van der Waals surface area contributed by atoms with Crippen molar-refractivity contribution in [1.82, 2.24) is 4.90 Å². The third kappa shape index (κ3) is 3.37. The van der Waals surface area contributed by atoms with E-state index in [9.17, 15) is 4.79 Å². The van der Waals surface area contributed by atoms with E-state index in [0.717, 1.165) is 38.0 Å². The minimum Gasteiger partial charge on any atom is -0.495 e. The van der Waals surface area contributed by atoms with Gasteiger partial charge in [0.1, 0.15) is 17.6 Å². The summed E-state index contributed by atoms with van der Waals surface area (Å²) in [5, 5.41) is 8.98. The van der Waals surface area contributed by atoms with Crippen LogP contribution in [-0.2, 0) is 11.3 Å². The zero-order chi connectivity index (χ0) is 14.5. The van der Waals surface area contributed by atoms with Gasteiger partial charge >= 0.3 is 0 Å². The van der Waals surface area contributed by atoms with Gasteiger partial charge in [0.15, 0.2) is 0 Å². The number of carbonyl (C=O) groups excluding carboxylic acids is 1. The molecule has 1 aromatic rings. The second-order valence-electron chi connectivity index (χ2n) is 5.33. The molecule has 0 saturated carbocycles. The molecule has 4 nitrogen and oxygen atoms in total. The van der Waals surface area contributed by atoms with Crippen molar-refractivity contribution in [2.75, 3.05) is 20.2 Å². The highest BCUT2D eigenvalue weighted by Gasteiger charge is 2.23. The summed E-state index contributed by atoms with van der Waals surface area (Å²) in [5.41, 5.74) is 1.67. The number of nitriles is 1. The lowest BCUT2D eigenvalue weighted by Gasteiger charge is -2.31. The predicted molar refractivity (Wildman–Crippen MR) is 76.4 cm³/mol. The lowest BCUT2D eigenvalue weighted by Crippen LogP contribution is -2.37. The largest absolute Gasteiger partial charge is 0.495 e. The first-order valence-electron chi connectivity index (χ1n) is 6.94. The Kier molecular flexibility index (Phi) is 4.75. The van der Waals surface area contributed by atoms with Gasteiger partial charge in [0.25, 0.3) is 0 Å². The maximum atomic E-state index is 11.5. The molecule has 1 fully saturated rings. The van der Waals surface area contributed by atoms with Gasteiger partial charge in [0.05, 0.1) is 12.7 Å². The Hall–Kier alpha value is -1.86. The van der Waals surface area contributed by atoms with Crippen LogP contribution in [0.1, 0.15) is 30.9 Å². The van der Waals surface area contributed by atoms with E-state index in [-0.39, 0.29) is 11.7 Å². The average Bonchev–Trinajstić information content (AvgIpc) is 2.47. The number of piperidine rings is 1. The third-order valence-corrected chi connectivity index (χ3v) is 3.87. The first-order valence-corrected chi connectivity index (χ1v) is 6.94. The Bertz CT molecular complexity index is 534. The first-order chi connectivity index (χ1) is 9.63. The normalized spacial score (nSPS) is 19.4. The number of ketones is 1. The number of carbonyl (C=O) groups is 1. The third-order valence-electron chi connectivity index (χ3n) is 3.87. The molecule has 0 amide bonds. The Labute approximate surface area is 120 Å². The number of nitrogens with zero attached hydrogens (tertiary/aromatic N) is 2. The van der Waals surface area contributed by atoms with Crippen molar-refractivity contribution in [2.45, 2.75) is 26.3 Å². The molecule has 0 bridgehead atoms. The Morgan fingerprint density at radius 3 is 3.00 bits per heavy atom. The highest BCUT2D eigenvalue weighted by atomic mass is 16.5. The summed E-state index contributed by atoms with van der Waals surface area (Å²) in [6.07, 6.45) is 2.07. The number of likely N-dealkylation sites (tertiary alicyclic amines) is 1. The van der Waals surface area contributed by atoms with E-state index in [1.807, 2.05) is 12.1 Å². The molecule has 2 rings (SSSR count). The van der Waals surface area contributed by atoms with Crippen LogP contribution in [0.15, 0.2) is 18.2 Å². The standard InChI is InChI=1S/C16H20N2O2/c1-12(19)15-4-3-7-18(11-15)10-13-5-6-14(9-17)16(8-13)20-2/h5-6,8,15H,3-4,7,10-11H2,1-2H3. The Morgan fingerprint density at radius 2 is 2.35 bits per heavy atom. The molecular formula is C16H20N2O2. The molecule has 0 spiro atoms. The van der Waals surface area contributed by atoms with Gasteiger partial charge in [-0.1, -0.05) is 6.07 Å². The van der Waals surface area contributed by atoms with E-state index in [0.29, 0.717) is 11.3 Å². The zero-order valence-electron chi connectivity index (χ0n) is 12.1. The van der Waals surface area contributed by atoms with Crippen molar-refractivity contribution < 1.29 is 9.53 Å². The molecule has 1 aliphatic heterocycles. The number of methoxy groups -OCH3 is 1. The smallest absolute Gasteiger partial charge is 0.136 e. The molecule has 106 valence electrons. The van der Waals surface area contributed by atoms with Crippen molar-refractivity contribution in [3.05, 3.63) is 29.3 Å². The zero-order valence-corrected chi connectivity index (χ0v) is 12.1. The lowest BCUT2D eigenvalue weighted by molar-refractivity contribution is -0.122. The van der Waals surface area contributed by atoms with E-state index in [1.54, 1.807) is 20.1 Å². The molecule has 0 N–H and O–H groups in total. The van der Waals surface area contributed by atoms with Gasteiger partial charge in [-0.05, 0) is 44.0 Å². The lowest BCUT2D eigenvalue weighted by atomic mass is 9.94. The fourth-order valence-corrected chi connectivity index (χ4v) is 2.72. The average molecular weight is 272 g/mol. The van der Waals surface area contributed by atoms with E-state index < -0.39 is 0 Å². The molecular weight excluding hydrogens is 252 g/mol. The van der Waals surface area contributed by atoms with Crippen LogP contribution in [-0.4, -0.2) is 30.9 Å². The van der Waals surface area contributed by atoms with Crippen molar-refractivity contribution >= 4 is 5.78 Å². The summed E-state index contributed by atoms with van der Waals surface area (Å²) >= 11 is 0. The van der Waals surface area contributed by atoms with Crippen molar-refractivity contribution in [3.8, 4) is 11.8 Å². The van der Waals surface area contributed by atoms with E-state index >= 15 is 0 Å². The van der Waals surface area contributed by atoms with Gasteiger partial charge in [0.2, 0.25) is 0 Å². The molecule has 1 aliphatic rings. The summed E-state index contributed by atoms with van der Waals surface area (Å²) in [6.45, 7) is 4.33. The number of Topliss-reactive ketones (excluding diaryl/α,β-unsaturated/α-hetero) is 1. The number of rotatable bonds is 4. The monoisotopic (exact) mass is 272 g/mol. The maximum absolute atomic E-state index is 11.5. The molecule has 20 heavy (non-hydrogen) atoms. The number of benzene rings is 1. The van der Waals surface area contributed by atoms with Crippen molar-refractivity contribution in [3.63, 3.8) is 0 Å². The van der Waals surface area contributed by atoms with Crippen LogP contribution in [0.2, 0.25) is 0 Å². The fourth-order valence-electron chi connectivity index (χ4n) is 2.72. The summed E-state index contributed by atoms with van der Waals surface area (Å²) < 4.78 is 5.23. The summed E-state index contributed by atoms with van der Waals surface area (Å²) in [5.74, 6) is 1.07. The van der Waals surface area contributed by atoms with Gasteiger partial charge in [-0.3, -0.25) is 9.69 Å².